The number of piperidine rings is 1. The van der Waals surface area contributed by atoms with Crippen molar-refractivity contribution in [3.63, 3.8) is 0 Å². The first-order chi connectivity index (χ1) is 19.1. The van der Waals surface area contributed by atoms with Crippen molar-refractivity contribution >= 4 is 16.1 Å². The molecule has 3 heterocycles. The molecule has 0 amide bonds. The zero-order chi connectivity index (χ0) is 29.0. The first kappa shape index (κ1) is 32.6. The number of rotatable bonds is 7. The highest BCUT2D eigenvalue weighted by molar-refractivity contribution is 7.79. The molecule has 41 heavy (non-hydrogen) atoms. The first-order valence-corrected chi connectivity index (χ1v) is 15.0. The van der Waals surface area contributed by atoms with Crippen LogP contribution in [0.15, 0.2) is 29.3 Å². The third kappa shape index (κ3) is 7.49. The Bertz CT molecular complexity index is 1340. The van der Waals surface area contributed by atoms with Crippen LogP contribution >= 0.6 is 0 Å². The van der Waals surface area contributed by atoms with Crippen molar-refractivity contribution in [2.24, 2.45) is 16.8 Å². The summed E-state index contributed by atoms with van der Waals surface area (Å²) in [5.74, 6) is 4.49. The standard InChI is InChI=1S/C29H38N2O4.H2O4S.H2O/c1-6-18-17-31-10-8-20-14-27(33-3)29(35-5)16-23(20)25(31)12-21(18)11-24-22-15-28(34-4)26(32-2)13-19(22)7-9-30-24;1-5(2,3)4;/h13-16,18,21,25H,6-12,17H2,1-5H3;(H2,1,2,3,4);1H2/t18-,21-,25-;;/m0../s1. The summed E-state index contributed by atoms with van der Waals surface area (Å²) in [7, 11) is 2.18. The normalized spacial score (nSPS) is 21.4. The number of hydrogen-bond donors (Lipinski definition) is 2. The molecule has 11 nitrogen and oxygen atoms in total. The van der Waals surface area contributed by atoms with Crippen molar-refractivity contribution in [1.29, 1.82) is 0 Å². The minimum atomic E-state index is -4.67. The van der Waals surface area contributed by atoms with Gasteiger partial charge in [-0.3, -0.25) is 19.0 Å². The highest BCUT2D eigenvalue weighted by Crippen LogP contribution is 2.46. The molecule has 0 aromatic heterocycles. The average molecular weight is 595 g/mol. The number of ether oxygens (including phenoxy) is 4. The predicted octanol–water partition coefficient (Wildman–Crippen LogP) is 3.62. The van der Waals surface area contributed by atoms with Gasteiger partial charge in [-0.15, -0.1) is 0 Å². The molecule has 1 fully saturated rings. The fraction of sp³-hybridized carbons (Fsp3) is 0.552. The summed E-state index contributed by atoms with van der Waals surface area (Å²) in [5.41, 5.74) is 6.59. The summed E-state index contributed by atoms with van der Waals surface area (Å²) >= 11 is 0. The molecule has 0 unspecified atom stereocenters. The van der Waals surface area contributed by atoms with Crippen molar-refractivity contribution in [3.8, 4) is 23.0 Å². The van der Waals surface area contributed by atoms with E-state index in [4.69, 9.17) is 41.5 Å². The molecule has 0 saturated carbocycles. The second-order valence-electron chi connectivity index (χ2n) is 10.4. The second kappa shape index (κ2) is 13.8. The average Bonchev–Trinajstić information content (AvgIpc) is 2.94. The van der Waals surface area contributed by atoms with Crippen LogP contribution in [0.1, 0.15) is 54.5 Å². The van der Waals surface area contributed by atoms with Gasteiger partial charge in [-0.2, -0.15) is 8.42 Å². The van der Waals surface area contributed by atoms with Gasteiger partial charge in [0.2, 0.25) is 0 Å². The number of hydrogen-bond acceptors (Lipinski definition) is 8. The maximum atomic E-state index is 8.74. The van der Waals surface area contributed by atoms with Gasteiger partial charge in [0.15, 0.2) is 23.0 Å². The monoisotopic (exact) mass is 594 g/mol. The van der Waals surface area contributed by atoms with Crippen LogP contribution in [-0.2, 0) is 23.2 Å². The Hall–Kier alpha value is -2.90. The lowest BCUT2D eigenvalue weighted by Crippen LogP contribution is -2.46. The summed E-state index contributed by atoms with van der Waals surface area (Å²) in [6.07, 6.45) is 5.36. The first-order valence-electron chi connectivity index (χ1n) is 13.6. The fourth-order valence-corrected chi connectivity index (χ4v) is 6.43. The van der Waals surface area contributed by atoms with Crippen LogP contribution in [0.2, 0.25) is 0 Å². The van der Waals surface area contributed by atoms with E-state index < -0.39 is 10.4 Å². The fourth-order valence-electron chi connectivity index (χ4n) is 6.43. The third-order valence-corrected chi connectivity index (χ3v) is 8.36. The third-order valence-electron chi connectivity index (χ3n) is 8.36. The van der Waals surface area contributed by atoms with Gasteiger partial charge in [-0.1, -0.05) is 13.3 Å². The highest BCUT2D eigenvalue weighted by Gasteiger charge is 2.39. The van der Waals surface area contributed by atoms with E-state index >= 15 is 0 Å². The second-order valence-corrected chi connectivity index (χ2v) is 11.3. The van der Waals surface area contributed by atoms with E-state index in [1.165, 1.54) is 34.4 Å². The number of aliphatic imine (C=N–C) groups is 1. The lowest BCUT2D eigenvalue weighted by Gasteiger charge is -2.47. The Balaban J connectivity index is 0.000000711. The minimum absolute atomic E-state index is 0. The van der Waals surface area contributed by atoms with E-state index in [2.05, 4.69) is 36.1 Å². The van der Waals surface area contributed by atoms with Crippen LogP contribution in [0.4, 0.5) is 0 Å². The lowest BCUT2D eigenvalue weighted by atomic mass is 9.73. The summed E-state index contributed by atoms with van der Waals surface area (Å²) in [4.78, 5) is 7.73. The molecule has 0 aliphatic carbocycles. The van der Waals surface area contributed by atoms with Crippen LogP contribution in [-0.4, -0.2) is 81.7 Å². The molecular weight excluding hydrogens is 552 g/mol. The Morgan fingerprint density at radius 1 is 0.878 bits per heavy atom. The van der Waals surface area contributed by atoms with Gasteiger partial charge in [0, 0.05) is 37.0 Å². The van der Waals surface area contributed by atoms with Crippen LogP contribution in [0.5, 0.6) is 23.0 Å². The van der Waals surface area contributed by atoms with Crippen LogP contribution in [0, 0.1) is 11.8 Å². The number of fused-ring (bicyclic) bond motifs is 4. The largest absolute Gasteiger partial charge is 0.493 e. The molecule has 3 aliphatic rings. The molecule has 5 rings (SSSR count). The molecular formula is C29H42N2O9S. The SMILES string of the molecule is CC[C@H]1CN2CCc3cc(OC)c(OC)cc3[C@@H]2C[C@@H]1CC1=NCCc2cc(OC)c(OC)cc21.O.O=S(=O)(O)O. The summed E-state index contributed by atoms with van der Waals surface area (Å²) in [5, 5.41) is 0. The van der Waals surface area contributed by atoms with Crippen LogP contribution in [0.3, 0.4) is 0 Å². The van der Waals surface area contributed by atoms with Crippen molar-refractivity contribution in [3.05, 3.63) is 46.5 Å². The molecule has 0 radical (unpaired) electrons. The van der Waals surface area contributed by atoms with Crippen molar-refractivity contribution < 1.29 is 41.9 Å². The molecule has 2 aromatic carbocycles. The van der Waals surface area contributed by atoms with E-state index in [1.54, 1.807) is 28.4 Å². The maximum Gasteiger partial charge on any atom is 0.394 e. The minimum Gasteiger partial charge on any atom is -0.493 e. The van der Waals surface area contributed by atoms with Gasteiger partial charge in [0.05, 0.1) is 28.4 Å². The van der Waals surface area contributed by atoms with Gasteiger partial charge in [0.25, 0.3) is 0 Å². The van der Waals surface area contributed by atoms with Crippen molar-refractivity contribution in [2.75, 3.05) is 48.1 Å². The smallest absolute Gasteiger partial charge is 0.394 e. The molecule has 0 spiro atoms. The van der Waals surface area contributed by atoms with Crippen molar-refractivity contribution in [1.82, 2.24) is 4.90 Å². The van der Waals surface area contributed by atoms with Gasteiger partial charge < -0.3 is 24.4 Å². The van der Waals surface area contributed by atoms with Crippen LogP contribution in [0.25, 0.3) is 0 Å². The molecule has 12 heteroatoms. The maximum absolute atomic E-state index is 8.74. The van der Waals surface area contributed by atoms with E-state index in [1.807, 2.05) is 0 Å². The van der Waals surface area contributed by atoms with Gasteiger partial charge in [-0.25, -0.2) is 0 Å². The molecule has 3 atom stereocenters. The summed E-state index contributed by atoms with van der Waals surface area (Å²) in [6.45, 7) is 5.44. The summed E-state index contributed by atoms with van der Waals surface area (Å²) < 4.78 is 54.0. The van der Waals surface area contributed by atoms with Crippen molar-refractivity contribution in [2.45, 2.75) is 45.1 Å². The Kier molecular flexibility index (Phi) is 11.0. The number of benzene rings is 2. The molecule has 1 saturated heterocycles. The molecule has 4 N–H and O–H groups in total. The number of methoxy groups -OCH3 is 4. The Morgan fingerprint density at radius 3 is 2.02 bits per heavy atom. The highest BCUT2D eigenvalue weighted by atomic mass is 32.3. The molecule has 0 bridgehead atoms. The predicted molar refractivity (Wildman–Crippen MR) is 157 cm³/mol. The molecule has 3 aliphatic heterocycles. The Labute approximate surface area is 242 Å². The van der Waals surface area contributed by atoms with Gasteiger partial charge >= 0.3 is 10.4 Å². The zero-order valence-electron chi connectivity index (χ0n) is 24.3. The summed E-state index contributed by atoms with van der Waals surface area (Å²) in [6, 6.07) is 9.10. The Morgan fingerprint density at radius 2 is 1.44 bits per heavy atom. The van der Waals surface area contributed by atoms with Gasteiger partial charge in [0.1, 0.15) is 0 Å². The molecule has 2 aromatic rings. The van der Waals surface area contributed by atoms with E-state index in [9.17, 15) is 0 Å². The number of nitrogens with zero attached hydrogens (tertiary/aromatic N) is 2. The lowest BCUT2D eigenvalue weighted by molar-refractivity contribution is 0.0546. The van der Waals surface area contributed by atoms with E-state index in [0.717, 1.165) is 68.3 Å². The quantitative estimate of drug-likeness (QED) is 0.457. The topological polar surface area (TPSA) is 159 Å². The van der Waals surface area contributed by atoms with E-state index in [-0.39, 0.29) is 5.48 Å². The van der Waals surface area contributed by atoms with Crippen LogP contribution < -0.4 is 18.9 Å². The van der Waals surface area contributed by atoms with Gasteiger partial charge in [-0.05, 0) is 78.5 Å². The molecule has 228 valence electrons. The zero-order valence-corrected chi connectivity index (χ0v) is 25.2. The van der Waals surface area contributed by atoms with E-state index in [0.29, 0.717) is 17.9 Å².